The summed E-state index contributed by atoms with van der Waals surface area (Å²) in [6.45, 7) is 0. The molecule has 9 heteroatoms. The van der Waals surface area contributed by atoms with Crippen LogP contribution in [0, 0.1) is 21.7 Å². The molecule has 0 spiro atoms. The lowest BCUT2D eigenvalue weighted by atomic mass is 10.3. The van der Waals surface area contributed by atoms with E-state index in [1.807, 2.05) is 0 Å². The van der Waals surface area contributed by atoms with Gasteiger partial charge in [-0.2, -0.15) is 0 Å². The smallest absolute Gasteiger partial charge is 0.271 e. The lowest BCUT2D eigenvalue weighted by Crippen LogP contribution is -2.13. The summed E-state index contributed by atoms with van der Waals surface area (Å²) in [5.41, 5.74) is -0.366. The summed E-state index contributed by atoms with van der Waals surface area (Å²) in [5, 5.41) is 10.6. The van der Waals surface area contributed by atoms with E-state index < -0.39 is 31.5 Å². The van der Waals surface area contributed by atoms with Crippen LogP contribution in [-0.4, -0.2) is 13.3 Å². The van der Waals surface area contributed by atoms with Crippen molar-refractivity contribution in [1.29, 1.82) is 0 Å². The van der Waals surface area contributed by atoms with Gasteiger partial charge < -0.3 is 0 Å². The third kappa shape index (κ3) is 3.31. The van der Waals surface area contributed by atoms with Gasteiger partial charge in [0, 0.05) is 12.1 Å². The zero-order chi connectivity index (χ0) is 15.6. The average Bonchev–Trinajstić information content (AvgIpc) is 2.41. The van der Waals surface area contributed by atoms with Gasteiger partial charge in [0.15, 0.2) is 11.6 Å². The number of benzene rings is 2. The van der Waals surface area contributed by atoms with Gasteiger partial charge in [-0.15, -0.1) is 0 Å². The van der Waals surface area contributed by atoms with Crippen molar-refractivity contribution in [3.05, 3.63) is 64.2 Å². The lowest BCUT2D eigenvalue weighted by molar-refractivity contribution is -0.384. The SMILES string of the molecule is O=[N+]([O-])c1cccc(NS(=O)(=O)c2ccc(F)c(F)c2)c1. The zero-order valence-corrected chi connectivity index (χ0v) is 11.1. The first-order valence-electron chi connectivity index (χ1n) is 5.52. The van der Waals surface area contributed by atoms with E-state index in [2.05, 4.69) is 4.72 Å². The molecule has 0 aliphatic heterocycles. The summed E-state index contributed by atoms with van der Waals surface area (Å²) in [5.74, 6) is -2.48. The first-order chi connectivity index (χ1) is 9.79. The summed E-state index contributed by atoms with van der Waals surface area (Å²) < 4.78 is 51.9. The van der Waals surface area contributed by atoms with Crippen molar-refractivity contribution >= 4 is 21.4 Å². The second-order valence-electron chi connectivity index (χ2n) is 3.99. The van der Waals surface area contributed by atoms with E-state index in [1.54, 1.807) is 0 Å². The Bertz CT molecular complexity index is 809. The van der Waals surface area contributed by atoms with Crippen molar-refractivity contribution in [3.8, 4) is 0 Å². The van der Waals surface area contributed by atoms with Gasteiger partial charge in [0.25, 0.3) is 15.7 Å². The molecule has 0 saturated carbocycles. The van der Waals surface area contributed by atoms with E-state index >= 15 is 0 Å². The molecule has 0 bridgehead atoms. The van der Waals surface area contributed by atoms with Crippen molar-refractivity contribution in [1.82, 2.24) is 0 Å². The number of non-ortho nitro benzene ring substituents is 1. The molecule has 0 aliphatic rings. The Morgan fingerprint density at radius 2 is 1.76 bits per heavy atom. The maximum absolute atomic E-state index is 13.1. The fourth-order valence-corrected chi connectivity index (χ4v) is 2.60. The molecule has 2 rings (SSSR count). The lowest BCUT2D eigenvalue weighted by Gasteiger charge is -2.08. The molecule has 0 aromatic heterocycles. The van der Waals surface area contributed by atoms with Gasteiger partial charge in [0.2, 0.25) is 0 Å². The number of halogens is 2. The predicted octanol–water partition coefficient (Wildman–Crippen LogP) is 2.67. The van der Waals surface area contributed by atoms with Crippen LogP contribution in [0.1, 0.15) is 0 Å². The van der Waals surface area contributed by atoms with Crippen LogP contribution < -0.4 is 4.72 Å². The second-order valence-corrected chi connectivity index (χ2v) is 5.67. The highest BCUT2D eigenvalue weighted by Gasteiger charge is 2.17. The Labute approximate surface area is 118 Å². The molecule has 2 aromatic carbocycles. The van der Waals surface area contributed by atoms with Gasteiger partial charge in [-0.1, -0.05) is 6.07 Å². The number of hydrogen-bond donors (Lipinski definition) is 1. The number of rotatable bonds is 4. The van der Waals surface area contributed by atoms with Crippen molar-refractivity contribution in [2.75, 3.05) is 4.72 Å². The Balaban J connectivity index is 2.35. The molecule has 0 aliphatic carbocycles. The standard InChI is InChI=1S/C12H8F2N2O4S/c13-11-5-4-10(7-12(11)14)21(19,20)15-8-2-1-3-9(6-8)16(17)18/h1-7,15H. The monoisotopic (exact) mass is 314 g/mol. The molecule has 21 heavy (non-hydrogen) atoms. The van der Waals surface area contributed by atoms with Crippen molar-refractivity contribution in [2.24, 2.45) is 0 Å². The largest absolute Gasteiger partial charge is 0.279 e. The molecule has 0 atom stereocenters. The molecule has 0 heterocycles. The molecule has 2 aromatic rings. The second kappa shape index (κ2) is 5.44. The van der Waals surface area contributed by atoms with Crippen LogP contribution in [0.4, 0.5) is 20.2 Å². The van der Waals surface area contributed by atoms with E-state index in [-0.39, 0.29) is 11.4 Å². The molecular formula is C12H8F2N2O4S. The molecular weight excluding hydrogens is 306 g/mol. The van der Waals surface area contributed by atoms with Crippen molar-refractivity contribution in [3.63, 3.8) is 0 Å². The van der Waals surface area contributed by atoms with Crippen LogP contribution in [0.5, 0.6) is 0 Å². The van der Waals surface area contributed by atoms with Gasteiger partial charge in [0.05, 0.1) is 15.5 Å². The number of hydrogen-bond acceptors (Lipinski definition) is 4. The molecule has 0 amide bonds. The molecule has 0 saturated heterocycles. The zero-order valence-electron chi connectivity index (χ0n) is 10.3. The first-order valence-corrected chi connectivity index (χ1v) is 7.00. The summed E-state index contributed by atoms with van der Waals surface area (Å²) in [4.78, 5) is 9.43. The van der Waals surface area contributed by atoms with Crippen LogP contribution in [-0.2, 0) is 10.0 Å². The summed E-state index contributed by atoms with van der Waals surface area (Å²) in [7, 11) is -4.17. The number of anilines is 1. The minimum Gasteiger partial charge on any atom is -0.279 e. The Morgan fingerprint density at radius 3 is 2.38 bits per heavy atom. The van der Waals surface area contributed by atoms with E-state index in [9.17, 15) is 27.3 Å². The van der Waals surface area contributed by atoms with E-state index in [0.717, 1.165) is 12.1 Å². The number of sulfonamides is 1. The highest BCUT2D eigenvalue weighted by molar-refractivity contribution is 7.92. The fraction of sp³-hybridized carbons (Fsp3) is 0. The molecule has 0 fully saturated rings. The summed E-state index contributed by atoms with van der Waals surface area (Å²) in [6.07, 6.45) is 0. The quantitative estimate of drug-likeness (QED) is 0.694. The first kappa shape index (κ1) is 14.9. The normalized spacial score (nSPS) is 11.1. The highest BCUT2D eigenvalue weighted by atomic mass is 32.2. The number of nitro benzene ring substituents is 1. The van der Waals surface area contributed by atoms with Crippen LogP contribution in [0.3, 0.4) is 0 Å². The average molecular weight is 314 g/mol. The molecule has 0 radical (unpaired) electrons. The minimum absolute atomic E-state index is 0.0612. The Kier molecular flexibility index (Phi) is 3.85. The fourth-order valence-electron chi connectivity index (χ4n) is 1.54. The Hall–Kier alpha value is -2.55. The van der Waals surface area contributed by atoms with Gasteiger partial charge in [-0.05, 0) is 24.3 Å². The minimum atomic E-state index is -4.17. The van der Waals surface area contributed by atoms with E-state index in [1.165, 1.54) is 18.2 Å². The van der Waals surface area contributed by atoms with Crippen LogP contribution in [0.2, 0.25) is 0 Å². The highest BCUT2D eigenvalue weighted by Crippen LogP contribution is 2.21. The van der Waals surface area contributed by atoms with Gasteiger partial charge in [0.1, 0.15) is 0 Å². The maximum Gasteiger partial charge on any atom is 0.271 e. The number of nitro groups is 1. The topological polar surface area (TPSA) is 89.3 Å². The summed E-state index contributed by atoms with van der Waals surface area (Å²) in [6, 6.07) is 6.88. The maximum atomic E-state index is 13.1. The van der Waals surface area contributed by atoms with Crippen LogP contribution in [0.25, 0.3) is 0 Å². The molecule has 6 nitrogen and oxygen atoms in total. The predicted molar refractivity (Wildman–Crippen MR) is 70.3 cm³/mol. The van der Waals surface area contributed by atoms with Crippen LogP contribution in [0.15, 0.2) is 47.4 Å². The molecule has 110 valence electrons. The van der Waals surface area contributed by atoms with Gasteiger partial charge in [-0.25, -0.2) is 17.2 Å². The Morgan fingerprint density at radius 1 is 1.05 bits per heavy atom. The van der Waals surface area contributed by atoms with Gasteiger partial charge in [-0.3, -0.25) is 14.8 Å². The van der Waals surface area contributed by atoms with Crippen molar-refractivity contribution in [2.45, 2.75) is 4.90 Å². The number of nitrogens with one attached hydrogen (secondary N) is 1. The van der Waals surface area contributed by atoms with Crippen molar-refractivity contribution < 1.29 is 22.1 Å². The number of nitrogens with zero attached hydrogens (tertiary/aromatic N) is 1. The van der Waals surface area contributed by atoms with Crippen LogP contribution >= 0.6 is 0 Å². The molecule has 1 N–H and O–H groups in total. The third-order valence-corrected chi connectivity index (χ3v) is 3.89. The summed E-state index contributed by atoms with van der Waals surface area (Å²) >= 11 is 0. The van der Waals surface area contributed by atoms with E-state index in [0.29, 0.717) is 12.1 Å². The van der Waals surface area contributed by atoms with Gasteiger partial charge >= 0.3 is 0 Å². The van der Waals surface area contributed by atoms with E-state index in [4.69, 9.17) is 0 Å². The third-order valence-electron chi connectivity index (χ3n) is 2.51. The molecule has 0 unspecified atom stereocenters.